The van der Waals surface area contributed by atoms with Gasteiger partial charge in [-0.3, -0.25) is 4.79 Å². The van der Waals surface area contributed by atoms with Crippen molar-refractivity contribution in [1.29, 1.82) is 0 Å². The molecule has 0 bridgehead atoms. The average molecular weight is 478 g/mol. The number of nitrogens with one attached hydrogen (secondary N) is 1. The zero-order chi connectivity index (χ0) is 23.5. The van der Waals surface area contributed by atoms with Gasteiger partial charge < -0.3 is 24.6 Å². The second-order valence-corrected chi connectivity index (χ2v) is 9.86. The first-order chi connectivity index (χ1) is 16.7. The first kappa shape index (κ1) is 22.6. The standard InChI is InChI=1S/C27H31N3O3S/c1-32-21-9-6-20(7-10-21)29-13-14-30-25-17-22(33-2)8-5-19(25)16-24(26(30)18-29)27(31)28-12-11-23-4-3-15-34-23/h3-10,15,17,24,26H,11-14,16,18H2,1-2H3,(H,28,31)/t24-,26+/m0/s1. The van der Waals surface area contributed by atoms with Gasteiger partial charge in [0.15, 0.2) is 0 Å². The van der Waals surface area contributed by atoms with Crippen LogP contribution in [0.25, 0.3) is 0 Å². The molecule has 34 heavy (non-hydrogen) atoms. The van der Waals surface area contributed by atoms with Crippen molar-refractivity contribution in [3.05, 3.63) is 70.4 Å². The van der Waals surface area contributed by atoms with E-state index in [2.05, 4.69) is 56.9 Å². The lowest BCUT2D eigenvalue weighted by Crippen LogP contribution is -2.61. The van der Waals surface area contributed by atoms with Crippen LogP contribution < -0.4 is 24.6 Å². The van der Waals surface area contributed by atoms with Gasteiger partial charge in [0.1, 0.15) is 11.5 Å². The van der Waals surface area contributed by atoms with E-state index in [4.69, 9.17) is 9.47 Å². The van der Waals surface area contributed by atoms with E-state index in [0.717, 1.165) is 49.7 Å². The molecular weight excluding hydrogens is 446 g/mol. The summed E-state index contributed by atoms with van der Waals surface area (Å²) in [7, 11) is 3.39. The first-order valence-electron chi connectivity index (χ1n) is 11.8. The first-order valence-corrected chi connectivity index (χ1v) is 12.7. The van der Waals surface area contributed by atoms with Gasteiger partial charge in [-0.2, -0.15) is 0 Å². The minimum Gasteiger partial charge on any atom is -0.497 e. The molecule has 0 saturated carbocycles. The maximum atomic E-state index is 13.4. The van der Waals surface area contributed by atoms with Crippen LogP contribution in [0.1, 0.15) is 10.4 Å². The van der Waals surface area contributed by atoms with Gasteiger partial charge in [0.2, 0.25) is 5.91 Å². The number of piperazine rings is 1. The van der Waals surface area contributed by atoms with Crippen LogP contribution in [0.4, 0.5) is 11.4 Å². The summed E-state index contributed by atoms with van der Waals surface area (Å²) in [6, 6.07) is 18.7. The molecule has 0 unspecified atom stereocenters. The van der Waals surface area contributed by atoms with Crippen LogP contribution in [0.5, 0.6) is 11.5 Å². The molecule has 2 atom stereocenters. The Hall–Kier alpha value is -3.19. The van der Waals surface area contributed by atoms with Crippen molar-refractivity contribution in [2.24, 2.45) is 5.92 Å². The van der Waals surface area contributed by atoms with Crippen molar-refractivity contribution >= 4 is 28.6 Å². The van der Waals surface area contributed by atoms with E-state index in [1.54, 1.807) is 25.6 Å². The number of amides is 1. The zero-order valence-electron chi connectivity index (χ0n) is 19.7. The highest BCUT2D eigenvalue weighted by Gasteiger charge is 2.41. The van der Waals surface area contributed by atoms with E-state index >= 15 is 0 Å². The predicted octanol–water partition coefficient (Wildman–Crippen LogP) is 3.99. The second kappa shape index (κ2) is 9.97. The molecule has 1 saturated heterocycles. The largest absolute Gasteiger partial charge is 0.497 e. The number of carbonyl (C=O) groups excluding carboxylic acids is 1. The van der Waals surface area contributed by atoms with E-state index in [1.165, 1.54) is 16.1 Å². The average Bonchev–Trinajstić information content (AvgIpc) is 3.41. The summed E-state index contributed by atoms with van der Waals surface area (Å²) < 4.78 is 10.8. The molecule has 0 aliphatic carbocycles. The van der Waals surface area contributed by atoms with Gasteiger partial charge >= 0.3 is 0 Å². The van der Waals surface area contributed by atoms with Crippen molar-refractivity contribution in [2.45, 2.75) is 18.9 Å². The fraction of sp³-hybridized carbons (Fsp3) is 0.370. The fourth-order valence-corrected chi connectivity index (χ4v) is 5.84. The second-order valence-electron chi connectivity index (χ2n) is 8.83. The molecule has 3 aromatic rings. The summed E-state index contributed by atoms with van der Waals surface area (Å²) in [4.78, 5) is 19.6. The van der Waals surface area contributed by atoms with Gasteiger partial charge in [0.25, 0.3) is 0 Å². The van der Waals surface area contributed by atoms with Crippen molar-refractivity contribution in [3.63, 3.8) is 0 Å². The quantitative estimate of drug-likeness (QED) is 0.558. The molecule has 2 aliphatic heterocycles. The van der Waals surface area contributed by atoms with Crippen LogP contribution in [0.3, 0.4) is 0 Å². The maximum absolute atomic E-state index is 13.4. The predicted molar refractivity (Wildman–Crippen MR) is 138 cm³/mol. The van der Waals surface area contributed by atoms with Gasteiger partial charge in [-0.05, 0) is 60.2 Å². The molecule has 3 heterocycles. The number of anilines is 2. The Balaban J connectivity index is 1.37. The molecule has 1 N–H and O–H groups in total. The number of fused-ring (bicyclic) bond motifs is 3. The molecule has 0 spiro atoms. The van der Waals surface area contributed by atoms with Gasteiger partial charge in [-0.1, -0.05) is 12.1 Å². The zero-order valence-corrected chi connectivity index (χ0v) is 20.5. The molecular formula is C27H31N3O3S. The Kier molecular flexibility index (Phi) is 6.63. The summed E-state index contributed by atoms with van der Waals surface area (Å²) in [6.45, 7) is 3.22. The highest BCUT2D eigenvalue weighted by atomic mass is 32.1. The molecule has 0 radical (unpaired) electrons. The molecule has 1 aromatic heterocycles. The summed E-state index contributed by atoms with van der Waals surface area (Å²) in [5.74, 6) is 1.74. The van der Waals surface area contributed by atoms with E-state index in [-0.39, 0.29) is 17.9 Å². The number of hydrogen-bond acceptors (Lipinski definition) is 6. The third-order valence-electron chi connectivity index (χ3n) is 6.95. The number of carbonyl (C=O) groups is 1. The van der Waals surface area contributed by atoms with Crippen LogP contribution in [-0.4, -0.2) is 52.3 Å². The molecule has 178 valence electrons. The smallest absolute Gasteiger partial charge is 0.225 e. The van der Waals surface area contributed by atoms with Crippen LogP contribution in [0.2, 0.25) is 0 Å². The molecule has 2 aromatic carbocycles. The summed E-state index contributed by atoms with van der Waals surface area (Å²) >= 11 is 1.74. The lowest BCUT2D eigenvalue weighted by atomic mass is 9.83. The number of methoxy groups -OCH3 is 2. The van der Waals surface area contributed by atoms with Gasteiger partial charge in [0.05, 0.1) is 26.2 Å². The van der Waals surface area contributed by atoms with E-state index < -0.39 is 0 Å². The monoisotopic (exact) mass is 477 g/mol. The number of thiophene rings is 1. The maximum Gasteiger partial charge on any atom is 0.225 e. The number of nitrogens with zero attached hydrogens (tertiary/aromatic N) is 2. The van der Waals surface area contributed by atoms with Gasteiger partial charge in [0, 0.05) is 48.5 Å². The Bertz CT molecular complexity index is 1120. The van der Waals surface area contributed by atoms with Crippen LogP contribution in [0, 0.1) is 5.92 Å². The lowest BCUT2D eigenvalue weighted by Gasteiger charge is -2.49. The molecule has 7 heteroatoms. The van der Waals surface area contributed by atoms with Crippen LogP contribution >= 0.6 is 11.3 Å². The molecule has 6 nitrogen and oxygen atoms in total. The van der Waals surface area contributed by atoms with E-state index in [0.29, 0.717) is 6.54 Å². The summed E-state index contributed by atoms with van der Waals surface area (Å²) in [5, 5.41) is 5.31. The Morgan fingerprint density at radius 3 is 2.59 bits per heavy atom. The Morgan fingerprint density at radius 1 is 1.06 bits per heavy atom. The third kappa shape index (κ3) is 4.57. The normalized spacial score (nSPS) is 19.2. The van der Waals surface area contributed by atoms with Gasteiger partial charge in [-0.15, -0.1) is 11.3 Å². The summed E-state index contributed by atoms with van der Waals surface area (Å²) in [6.07, 6.45) is 1.61. The van der Waals surface area contributed by atoms with Crippen LogP contribution in [0.15, 0.2) is 60.0 Å². The molecule has 2 aliphatic rings. The topological polar surface area (TPSA) is 54.0 Å². The SMILES string of the molecule is COc1ccc(N2CCN3c4cc(OC)ccc4C[C@H](C(=O)NCCc4cccs4)[C@H]3C2)cc1. The van der Waals surface area contributed by atoms with Crippen LogP contribution in [-0.2, 0) is 17.6 Å². The van der Waals surface area contributed by atoms with Gasteiger partial charge in [-0.25, -0.2) is 0 Å². The van der Waals surface area contributed by atoms with Crippen molar-refractivity contribution in [3.8, 4) is 11.5 Å². The number of hydrogen-bond donors (Lipinski definition) is 1. The number of benzene rings is 2. The van der Waals surface area contributed by atoms with E-state index in [1.807, 2.05) is 18.2 Å². The number of rotatable bonds is 7. The van der Waals surface area contributed by atoms with E-state index in [9.17, 15) is 4.79 Å². The minimum absolute atomic E-state index is 0.0946. The Labute approximate surface area is 205 Å². The van der Waals surface area contributed by atoms with Crippen molar-refractivity contribution in [2.75, 3.05) is 50.2 Å². The van der Waals surface area contributed by atoms with Crippen molar-refractivity contribution < 1.29 is 14.3 Å². The Morgan fingerprint density at radius 2 is 1.85 bits per heavy atom. The third-order valence-corrected chi connectivity index (χ3v) is 7.89. The van der Waals surface area contributed by atoms with Crippen molar-refractivity contribution in [1.82, 2.24) is 5.32 Å². The molecule has 1 fully saturated rings. The molecule has 1 amide bonds. The summed E-state index contributed by atoms with van der Waals surface area (Å²) in [5.41, 5.74) is 3.57. The highest BCUT2D eigenvalue weighted by molar-refractivity contribution is 7.09. The fourth-order valence-electron chi connectivity index (χ4n) is 5.13. The number of ether oxygens (including phenoxy) is 2. The molecule has 5 rings (SSSR count). The highest BCUT2D eigenvalue weighted by Crippen LogP contribution is 2.39. The lowest BCUT2D eigenvalue weighted by molar-refractivity contribution is -0.125. The minimum atomic E-state index is -0.106.